The normalized spacial score (nSPS) is 13.9. The van der Waals surface area contributed by atoms with Gasteiger partial charge in [0.25, 0.3) is 5.91 Å². The molecule has 3 rings (SSSR count). The smallest absolute Gasteiger partial charge is 0.345 e. The molecule has 0 radical (unpaired) electrons. The number of amides is 1. The molecule has 0 heterocycles. The number of benzene rings is 2. The van der Waals surface area contributed by atoms with Gasteiger partial charge in [0, 0.05) is 17.2 Å². The number of aldehydes is 1. The van der Waals surface area contributed by atoms with Crippen molar-refractivity contribution in [3.8, 4) is 11.5 Å². The average Bonchev–Trinajstić information content (AvgIpc) is 3.54. The zero-order chi connectivity index (χ0) is 19.9. The van der Waals surface area contributed by atoms with Gasteiger partial charge in [-0.15, -0.1) is 0 Å². The molecule has 1 N–H and O–H groups in total. The molecule has 28 heavy (non-hydrogen) atoms. The standard InChI is InChI=1S/C21H21NO6/c1-26-18-11-14(12-23)7-10-17(18)27-13-19(24)28-20(15-5-3-2-4-6-15)21(25)22-16-8-9-16/h2-7,10-12,16,20H,8-9,13H2,1H3,(H,22,25)/t20-/m0/s1. The molecule has 1 atom stereocenters. The molecular formula is C21H21NO6. The van der Waals surface area contributed by atoms with Crippen molar-refractivity contribution in [1.82, 2.24) is 5.32 Å². The molecular weight excluding hydrogens is 362 g/mol. The topological polar surface area (TPSA) is 90.9 Å². The summed E-state index contributed by atoms with van der Waals surface area (Å²) in [5.41, 5.74) is 1.01. The van der Waals surface area contributed by atoms with Crippen LogP contribution in [0, 0.1) is 0 Å². The van der Waals surface area contributed by atoms with Crippen LogP contribution >= 0.6 is 0 Å². The Morgan fingerprint density at radius 3 is 2.54 bits per heavy atom. The van der Waals surface area contributed by atoms with Crippen LogP contribution in [0.3, 0.4) is 0 Å². The fourth-order valence-electron chi connectivity index (χ4n) is 2.58. The fourth-order valence-corrected chi connectivity index (χ4v) is 2.58. The van der Waals surface area contributed by atoms with E-state index in [0.717, 1.165) is 12.8 Å². The Labute approximate surface area is 162 Å². The maximum absolute atomic E-state index is 12.5. The van der Waals surface area contributed by atoms with Crippen molar-refractivity contribution in [2.75, 3.05) is 13.7 Å². The summed E-state index contributed by atoms with van der Waals surface area (Å²) in [5.74, 6) is -0.427. The quantitative estimate of drug-likeness (QED) is 0.528. The second-order valence-electron chi connectivity index (χ2n) is 6.38. The summed E-state index contributed by atoms with van der Waals surface area (Å²) in [4.78, 5) is 35.6. The minimum atomic E-state index is -1.04. The zero-order valence-corrected chi connectivity index (χ0v) is 15.4. The Hall–Kier alpha value is -3.35. The number of rotatable bonds is 9. The molecule has 2 aromatic rings. The second kappa shape index (κ2) is 9.03. The van der Waals surface area contributed by atoms with Crippen LogP contribution in [0.2, 0.25) is 0 Å². The highest BCUT2D eigenvalue weighted by Crippen LogP contribution is 2.28. The summed E-state index contributed by atoms with van der Waals surface area (Å²) in [5, 5.41) is 2.85. The first-order valence-electron chi connectivity index (χ1n) is 8.91. The molecule has 0 aliphatic heterocycles. The number of nitrogens with one attached hydrogen (secondary N) is 1. The van der Waals surface area contributed by atoms with Crippen molar-refractivity contribution in [3.05, 3.63) is 59.7 Å². The summed E-state index contributed by atoms with van der Waals surface area (Å²) in [6, 6.07) is 13.6. The highest BCUT2D eigenvalue weighted by atomic mass is 16.6. The van der Waals surface area contributed by atoms with Gasteiger partial charge in [-0.1, -0.05) is 30.3 Å². The highest BCUT2D eigenvalue weighted by Gasteiger charge is 2.30. The van der Waals surface area contributed by atoms with E-state index in [1.807, 2.05) is 6.07 Å². The van der Waals surface area contributed by atoms with E-state index < -0.39 is 18.7 Å². The number of ether oxygens (including phenoxy) is 3. The van der Waals surface area contributed by atoms with Crippen molar-refractivity contribution in [1.29, 1.82) is 0 Å². The van der Waals surface area contributed by atoms with E-state index in [4.69, 9.17) is 14.2 Å². The lowest BCUT2D eigenvalue weighted by Crippen LogP contribution is -2.34. The van der Waals surface area contributed by atoms with E-state index in [1.54, 1.807) is 30.3 Å². The second-order valence-corrected chi connectivity index (χ2v) is 6.38. The minimum absolute atomic E-state index is 0.147. The van der Waals surface area contributed by atoms with E-state index in [-0.39, 0.29) is 11.9 Å². The number of methoxy groups -OCH3 is 1. The number of carbonyl (C=O) groups excluding carboxylic acids is 3. The molecule has 146 valence electrons. The first-order valence-corrected chi connectivity index (χ1v) is 8.91. The van der Waals surface area contributed by atoms with Crippen LogP contribution in [-0.2, 0) is 14.3 Å². The van der Waals surface area contributed by atoms with Crippen molar-refractivity contribution < 1.29 is 28.6 Å². The van der Waals surface area contributed by atoms with Crippen LogP contribution in [0.25, 0.3) is 0 Å². The van der Waals surface area contributed by atoms with E-state index >= 15 is 0 Å². The summed E-state index contributed by atoms with van der Waals surface area (Å²) in [6.07, 6.45) is 1.50. The molecule has 7 heteroatoms. The SMILES string of the molecule is COc1cc(C=O)ccc1OCC(=O)O[C@H](C(=O)NC1CC1)c1ccccc1. The van der Waals surface area contributed by atoms with Crippen LogP contribution in [0.15, 0.2) is 48.5 Å². The first-order chi connectivity index (χ1) is 13.6. The fraction of sp³-hybridized carbons (Fsp3) is 0.286. The molecule has 0 bridgehead atoms. The van der Waals surface area contributed by atoms with Gasteiger partial charge in [0.05, 0.1) is 7.11 Å². The Kier molecular flexibility index (Phi) is 6.26. The van der Waals surface area contributed by atoms with E-state index in [2.05, 4.69) is 5.32 Å². The molecule has 1 aliphatic rings. The van der Waals surface area contributed by atoms with Gasteiger partial charge >= 0.3 is 5.97 Å². The Bertz CT molecular complexity index is 847. The van der Waals surface area contributed by atoms with Gasteiger partial charge in [0.2, 0.25) is 6.10 Å². The number of hydrogen-bond acceptors (Lipinski definition) is 6. The molecule has 0 saturated heterocycles. The third kappa shape index (κ3) is 5.09. The number of esters is 1. The van der Waals surface area contributed by atoms with Crippen molar-refractivity contribution in [3.63, 3.8) is 0 Å². The van der Waals surface area contributed by atoms with Gasteiger partial charge in [-0.2, -0.15) is 0 Å². The van der Waals surface area contributed by atoms with Crippen LogP contribution < -0.4 is 14.8 Å². The number of carbonyl (C=O) groups is 3. The lowest BCUT2D eigenvalue weighted by Gasteiger charge is -2.18. The van der Waals surface area contributed by atoms with Gasteiger partial charge < -0.3 is 19.5 Å². The van der Waals surface area contributed by atoms with Crippen molar-refractivity contribution >= 4 is 18.2 Å². The molecule has 1 aliphatic carbocycles. The van der Waals surface area contributed by atoms with Gasteiger partial charge in [-0.3, -0.25) is 9.59 Å². The largest absolute Gasteiger partial charge is 0.493 e. The third-order valence-electron chi connectivity index (χ3n) is 4.18. The predicted octanol–water partition coefficient (Wildman–Crippen LogP) is 2.45. The van der Waals surface area contributed by atoms with Gasteiger partial charge in [0.15, 0.2) is 18.1 Å². The predicted molar refractivity (Wildman–Crippen MR) is 100 cm³/mol. The van der Waals surface area contributed by atoms with Gasteiger partial charge in [0.1, 0.15) is 6.29 Å². The maximum atomic E-state index is 12.5. The highest BCUT2D eigenvalue weighted by molar-refractivity contribution is 5.85. The molecule has 1 fully saturated rings. The molecule has 0 aromatic heterocycles. The average molecular weight is 383 g/mol. The van der Waals surface area contributed by atoms with E-state index in [1.165, 1.54) is 19.2 Å². The molecule has 0 spiro atoms. The Morgan fingerprint density at radius 1 is 1.14 bits per heavy atom. The van der Waals surface area contributed by atoms with Crippen LogP contribution in [0.5, 0.6) is 11.5 Å². The summed E-state index contributed by atoms with van der Waals surface area (Å²) in [6.45, 7) is -0.406. The molecule has 1 saturated carbocycles. The monoisotopic (exact) mass is 383 g/mol. The van der Waals surface area contributed by atoms with Gasteiger partial charge in [-0.25, -0.2) is 4.79 Å². The minimum Gasteiger partial charge on any atom is -0.493 e. The lowest BCUT2D eigenvalue weighted by atomic mass is 10.1. The van der Waals surface area contributed by atoms with E-state index in [0.29, 0.717) is 28.9 Å². The lowest BCUT2D eigenvalue weighted by molar-refractivity contribution is -0.158. The maximum Gasteiger partial charge on any atom is 0.345 e. The molecule has 7 nitrogen and oxygen atoms in total. The van der Waals surface area contributed by atoms with Crippen molar-refractivity contribution in [2.24, 2.45) is 0 Å². The Morgan fingerprint density at radius 2 is 1.89 bits per heavy atom. The molecule has 0 unspecified atom stereocenters. The van der Waals surface area contributed by atoms with Crippen LogP contribution in [0.4, 0.5) is 0 Å². The zero-order valence-electron chi connectivity index (χ0n) is 15.4. The summed E-state index contributed by atoms with van der Waals surface area (Å²) in [7, 11) is 1.43. The first kappa shape index (κ1) is 19.4. The summed E-state index contributed by atoms with van der Waals surface area (Å²) >= 11 is 0. The molecule has 1 amide bonds. The van der Waals surface area contributed by atoms with Crippen LogP contribution in [-0.4, -0.2) is 37.9 Å². The summed E-state index contributed by atoms with van der Waals surface area (Å²) < 4.78 is 16.0. The van der Waals surface area contributed by atoms with Crippen molar-refractivity contribution in [2.45, 2.75) is 25.0 Å². The van der Waals surface area contributed by atoms with Crippen LogP contribution in [0.1, 0.15) is 34.9 Å². The van der Waals surface area contributed by atoms with E-state index in [9.17, 15) is 14.4 Å². The Balaban J connectivity index is 1.65. The number of hydrogen-bond donors (Lipinski definition) is 1. The molecule has 2 aromatic carbocycles. The third-order valence-corrected chi connectivity index (χ3v) is 4.18. The van der Waals surface area contributed by atoms with Gasteiger partial charge in [-0.05, 0) is 31.0 Å².